The number of carbonyl (C=O) groups excluding carboxylic acids is 1. The molecule has 130 valence electrons. The van der Waals surface area contributed by atoms with Crippen molar-refractivity contribution in [2.45, 2.75) is 32.5 Å². The van der Waals surface area contributed by atoms with E-state index in [2.05, 4.69) is 10.1 Å². The Balaban J connectivity index is 1.65. The molecule has 1 amide bonds. The first kappa shape index (κ1) is 16.5. The Morgan fingerprint density at radius 3 is 2.88 bits per heavy atom. The van der Waals surface area contributed by atoms with Gasteiger partial charge in [-0.3, -0.25) is 4.79 Å². The highest BCUT2D eigenvalue weighted by atomic mass is 19.4. The number of halogens is 3. The van der Waals surface area contributed by atoms with Crippen LogP contribution in [0.5, 0.6) is 0 Å². The summed E-state index contributed by atoms with van der Waals surface area (Å²) in [7, 11) is 1.65. The number of hydrogen-bond acceptors (Lipinski definition) is 4. The Labute approximate surface area is 136 Å². The number of alkyl halides is 3. The van der Waals surface area contributed by atoms with Gasteiger partial charge in [-0.2, -0.15) is 13.2 Å². The van der Waals surface area contributed by atoms with Crippen LogP contribution < -0.4 is 0 Å². The van der Waals surface area contributed by atoms with Crippen molar-refractivity contribution in [1.29, 1.82) is 0 Å². The summed E-state index contributed by atoms with van der Waals surface area (Å²) in [5.74, 6) is 0.792. The summed E-state index contributed by atoms with van der Waals surface area (Å²) in [5.41, 5.74) is -0.630. The number of amides is 1. The Hall–Kier alpha value is -2.32. The lowest BCUT2D eigenvalue weighted by Gasteiger charge is -2.27. The summed E-state index contributed by atoms with van der Waals surface area (Å²) in [4.78, 5) is 17.4. The molecule has 2 aromatic heterocycles. The molecule has 3 rings (SSSR count). The summed E-state index contributed by atoms with van der Waals surface area (Å²) in [6.45, 7) is 2.54. The van der Waals surface area contributed by atoms with Gasteiger partial charge in [-0.1, -0.05) is 5.16 Å². The van der Waals surface area contributed by atoms with Gasteiger partial charge in [0.2, 0.25) is 0 Å². The van der Waals surface area contributed by atoms with Crippen molar-refractivity contribution in [1.82, 2.24) is 19.6 Å². The van der Waals surface area contributed by atoms with E-state index in [-0.39, 0.29) is 17.5 Å². The molecule has 3 heterocycles. The van der Waals surface area contributed by atoms with Crippen molar-refractivity contribution in [2.24, 2.45) is 5.92 Å². The third-order valence-electron chi connectivity index (χ3n) is 4.11. The molecule has 0 fully saturated rings. The maximum Gasteiger partial charge on any atom is 0.434 e. The molecule has 0 spiro atoms. The third kappa shape index (κ3) is 3.29. The van der Waals surface area contributed by atoms with Gasteiger partial charge in [0.15, 0.2) is 11.4 Å². The maximum atomic E-state index is 12.7. The molecule has 1 aliphatic heterocycles. The van der Waals surface area contributed by atoms with Crippen LogP contribution in [0.15, 0.2) is 16.8 Å². The van der Waals surface area contributed by atoms with Crippen LogP contribution >= 0.6 is 0 Å². The highest BCUT2D eigenvalue weighted by Crippen LogP contribution is 2.30. The highest BCUT2D eigenvalue weighted by Gasteiger charge is 2.36. The van der Waals surface area contributed by atoms with E-state index in [0.717, 1.165) is 6.20 Å². The van der Waals surface area contributed by atoms with Gasteiger partial charge in [0.25, 0.3) is 5.91 Å². The lowest BCUT2D eigenvalue weighted by Crippen LogP contribution is -2.35. The summed E-state index contributed by atoms with van der Waals surface area (Å²) in [6, 6.07) is 1.56. The van der Waals surface area contributed by atoms with E-state index in [9.17, 15) is 18.0 Å². The van der Waals surface area contributed by atoms with E-state index in [4.69, 9.17) is 4.52 Å². The molecule has 2 aromatic rings. The van der Waals surface area contributed by atoms with Crippen LogP contribution in [-0.4, -0.2) is 39.1 Å². The molecule has 0 saturated heterocycles. The zero-order valence-electron chi connectivity index (χ0n) is 13.3. The minimum absolute atomic E-state index is 0.0646. The standard InChI is InChI=1S/C15H17F3N4O2/c1-9-5-11(20-24-9)14(23)21(2)6-10-3-4-13-19-12(15(16,17)18)8-22(13)7-10/h5,8,10H,3-4,6-7H2,1-2H3. The van der Waals surface area contributed by atoms with Gasteiger partial charge in [-0.25, -0.2) is 4.98 Å². The monoisotopic (exact) mass is 342 g/mol. The Bertz CT molecular complexity index is 750. The molecule has 0 saturated carbocycles. The number of nitrogens with zero attached hydrogens (tertiary/aromatic N) is 4. The van der Waals surface area contributed by atoms with Crippen LogP contribution in [0.4, 0.5) is 13.2 Å². The Kier molecular flexibility index (Phi) is 4.10. The van der Waals surface area contributed by atoms with Gasteiger partial charge in [-0.15, -0.1) is 0 Å². The molecule has 1 aliphatic rings. The number of imidazole rings is 1. The number of hydrogen-bond donors (Lipinski definition) is 0. The summed E-state index contributed by atoms with van der Waals surface area (Å²) < 4.78 is 44.6. The number of fused-ring (bicyclic) bond motifs is 1. The molecule has 0 aliphatic carbocycles. The topological polar surface area (TPSA) is 64.2 Å². The number of aryl methyl sites for hydroxylation is 2. The van der Waals surface area contributed by atoms with Crippen LogP contribution in [0.25, 0.3) is 0 Å². The first-order valence-electron chi connectivity index (χ1n) is 7.56. The lowest BCUT2D eigenvalue weighted by atomic mass is 9.99. The maximum absolute atomic E-state index is 12.7. The van der Waals surface area contributed by atoms with Crippen LogP contribution in [0.1, 0.15) is 34.2 Å². The minimum atomic E-state index is -4.43. The van der Waals surface area contributed by atoms with Crippen LogP contribution in [-0.2, 0) is 19.1 Å². The first-order valence-corrected chi connectivity index (χ1v) is 7.56. The van der Waals surface area contributed by atoms with Crippen molar-refractivity contribution < 1.29 is 22.5 Å². The third-order valence-corrected chi connectivity index (χ3v) is 4.11. The quantitative estimate of drug-likeness (QED) is 0.860. The van der Waals surface area contributed by atoms with E-state index in [1.54, 1.807) is 20.0 Å². The average molecular weight is 342 g/mol. The smallest absolute Gasteiger partial charge is 0.361 e. The largest absolute Gasteiger partial charge is 0.434 e. The molecule has 1 unspecified atom stereocenters. The molecule has 0 radical (unpaired) electrons. The van der Waals surface area contributed by atoms with Crippen LogP contribution in [0, 0.1) is 12.8 Å². The van der Waals surface area contributed by atoms with Crippen molar-refractivity contribution in [3.8, 4) is 0 Å². The fraction of sp³-hybridized carbons (Fsp3) is 0.533. The van der Waals surface area contributed by atoms with Gasteiger partial charge in [0.1, 0.15) is 11.6 Å². The molecule has 9 heteroatoms. The molecule has 0 aromatic carbocycles. The normalized spacial score (nSPS) is 17.6. The predicted octanol–water partition coefficient (Wildman–Crippen LogP) is 2.53. The SMILES string of the molecule is Cc1cc(C(=O)N(C)CC2CCc3nc(C(F)(F)F)cn3C2)no1. The van der Waals surface area contributed by atoms with E-state index in [1.807, 2.05) is 0 Å². The molecule has 0 bridgehead atoms. The van der Waals surface area contributed by atoms with Crippen molar-refractivity contribution in [2.75, 3.05) is 13.6 Å². The Morgan fingerprint density at radius 2 is 2.25 bits per heavy atom. The molecular weight excluding hydrogens is 325 g/mol. The van der Waals surface area contributed by atoms with E-state index < -0.39 is 11.9 Å². The van der Waals surface area contributed by atoms with Crippen molar-refractivity contribution in [3.05, 3.63) is 35.2 Å². The number of aromatic nitrogens is 3. The highest BCUT2D eigenvalue weighted by molar-refractivity contribution is 5.92. The minimum Gasteiger partial charge on any atom is -0.361 e. The summed E-state index contributed by atoms with van der Waals surface area (Å²) >= 11 is 0. The number of rotatable bonds is 3. The predicted molar refractivity (Wildman–Crippen MR) is 77.2 cm³/mol. The van der Waals surface area contributed by atoms with Gasteiger partial charge in [0, 0.05) is 38.8 Å². The van der Waals surface area contributed by atoms with Crippen molar-refractivity contribution in [3.63, 3.8) is 0 Å². The van der Waals surface area contributed by atoms with E-state index in [0.29, 0.717) is 37.5 Å². The van der Waals surface area contributed by atoms with Gasteiger partial charge >= 0.3 is 6.18 Å². The molecule has 0 N–H and O–H groups in total. The van der Waals surface area contributed by atoms with Crippen LogP contribution in [0.2, 0.25) is 0 Å². The zero-order valence-corrected chi connectivity index (χ0v) is 13.3. The van der Waals surface area contributed by atoms with Gasteiger partial charge < -0.3 is 14.0 Å². The van der Waals surface area contributed by atoms with Crippen molar-refractivity contribution >= 4 is 5.91 Å². The zero-order chi connectivity index (χ0) is 17.5. The first-order chi connectivity index (χ1) is 11.2. The molecular formula is C15H17F3N4O2. The number of carbonyl (C=O) groups is 1. The lowest BCUT2D eigenvalue weighted by molar-refractivity contribution is -0.141. The summed E-state index contributed by atoms with van der Waals surface area (Å²) in [6.07, 6.45) is -2.24. The van der Waals surface area contributed by atoms with Gasteiger partial charge in [0.05, 0.1) is 0 Å². The molecule has 1 atom stereocenters. The van der Waals surface area contributed by atoms with Gasteiger partial charge in [-0.05, 0) is 19.3 Å². The summed E-state index contributed by atoms with van der Waals surface area (Å²) in [5, 5.41) is 3.69. The second kappa shape index (κ2) is 5.95. The Morgan fingerprint density at radius 1 is 1.50 bits per heavy atom. The fourth-order valence-corrected chi connectivity index (χ4v) is 2.93. The second-order valence-electron chi connectivity index (χ2n) is 6.11. The molecule has 24 heavy (non-hydrogen) atoms. The molecule has 6 nitrogen and oxygen atoms in total. The average Bonchev–Trinajstić information content (AvgIpc) is 3.11. The van der Waals surface area contributed by atoms with E-state index in [1.165, 1.54) is 9.47 Å². The second-order valence-corrected chi connectivity index (χ2v) is 6.11. The van der Waals surface area contributed by atoms with E-state index >= 15 is 0 Å². The fourth-order valence-electron chi connectivity index (χ4n) is 2.93. The van der Waals surface area contributed by atoms with Crippen LogP contribution in [0.3, 0.4) is 0 Å².